The van der Waals surface area contributed by atoms with Crippen molar-refractivity contribution in [1.82, 2.24) is 10.6 Å². The second kappa shape index (κ2) is 8.36. The molecule has 0 heterocycles. The van der Waals surface area contributed by atoms with E-state index in [0.29, 0.717) is 22.8 Å². The maximum Gasteiger partial charge on any atom is 0.319 e. The lowest BCUT2D eigenvalue weighted by atomic mass is 10.1. The molecule has 0 saturated carbocycles. The molecule has 3 N–H and O–H groups in total. The highest BCUT2D eigenvalue weighted by atomic mass is 35.5. The Labute approximate surface area is 146 Å². The Kier molecular flexibility index (Phi) is 6.21. The number of urea groups is 1. The largest absolute Gasteiger partial charge is 0.352 e. The molecule has 2 rings (SSSR count). The summed E-state index contributed by atoms with van der Waals surface area (Å²) in [6.45, 7) is 4.32. The number of carbonyl (C=O) groups excluding carboxylic acids is 2. The van der Waals surface area contributed by atoms with Gasteiger partial charge in [-0.2, -0.15) is 0 Å². The fourth-order valence-corrected chi connectivity index (χ4v) is 2.29. The molecule has 5 nitrogen and oxygen atoms in total. The first-order valence-corrected chi connectivity index (χ1v) is 8.08. The number of halogens is 1. The minimum absolute atomic E-state index is 0.134. The molecule has 0 aliphatic carbocycles. The van der Waals surface area contributed by atoms with Crippen LogP contribution in [0.4, 0.5) is 10.5 Å². The van der Waals surface area contributed by atoms with Crippen molar-refractivity contribution in [2.75, 3.05) is 11.9 Å². The van der Waals surface area contributed by atoms with E-state index in [1.165, 1.54) is 0 Å². The SMILES string of the molecule is CCNC(=O)c1ccc(NC(=O)NC(C)c2ccc(Cl)cc2)cc1. The zero-order valence-electron chi connectivity index (χ0n) is 13.6. The maximum atomic E-state index is 12.1. The van der Waals surface area contributed by atoms with Crippen LogP contribution in [0.1, 0.15) is 35.8 Å². The van der Waals surface area contributed by atoms with Crippen molar-refractivity contribution >= 4 is 29.2 Å². The molecule has 1 unspecified atom stereocenters. The molecule has 0 fully saturated rings. The highest BCUT2D eigenvalue weighted by Crippen LogP contribution is 2.16. The van der Waals surface area contributed by atoms with E-state index in [2.05, 4.69) is 16.0 Å². The first kappa shape index (κ1) is 17.8. The Morgan fingerprint density at radius 1 is 1.04 bits per heavy atom. The van der Waals surface area contributed by atoms with E-state index in [9.17, 15) is 9.59 Å². The second-order valence-corrected chi connectivity index (χ2v) is 5.74. The molecule has 0 aliphatic rings. The van der Waals surface area contributed by atoms with Crippen LogP contribution in [0, 0.1) is 0 Å². The summed E-state index contributed by atoms with van der Waals surface area (Å²) >= 11 is 5.86. The second-order valence-electron chi connectivity index (χ2n) is 5.31. The van der Waals surface area contributed by atoms with Gasteiger partial charge in [0.25, 0.3) is 5.91 Å². The van der Waals surface area contributed by atoms with Gasteiger partial charge in [-0.15, -0.1) is 0 Å². The molecular formula is C18H20ClN3O2. The van der Waals surface area contributed by atoms with Gasteiger partial charge in [0.15, 0.2) is 0 Å². The summed E-state index contributed by atoms with van der Waals surface area (Å²) in [6, 6.07) is 13.6. The topological polar surface area (TPSA) is 70.2 Å². The minimum Gasteiger partial charge on any atom is -0.352 e. The van der Waals surface area contributed by atoms with Crippen LogP contribution in [0.5, 0.6) is 0 Å². The summed E-state index contributed by atoms with van der Waals surface area (Å²) in [6.07, 6.45) is 0. The minimum atomic E-state index is -0.316. The van der Waals surface area contributed by atoms with Crippen LogP contribution in [-0.4, -0.2) is 18.5 Å². The first-order chi connectivity index (χ1) is 11.5. The predicted molar refractivity (Wildman–Crippen MR) is 96.5 cm³/mol. The van der Waals surface area contributed by atoms with Crippen molar-refractivity contribution in [3.63, 3.8) is 0 Å². The molecular weight excluding hydrogens is 326 g/mol. The number of benzene rings is 2. The normalized spacial score (nSPS) is 11.5. The third-order valence-electron chi connectivity index (χ3n) is 3.46. The molecule has 0 bridgehead atoms. The molecule has 2 aromatic rings. The third-order valence-corrected chi connectivity index (χ3v) is 3.71. The standard InChI is InChI=1S/C18H20ClN3O2/c1-3-20-17(23)14-6-10-16(11-7-14)22-18(24)21-12(2)13-4-8-15(19)9-5-13/h4-12H,3H2,1-2H3,(H,20,23)(H2,21,22,24). The number of anilines is 1. The van der Waals surface area contributed by atoms with Gasteiger partial charge in [0.05, 0.1) is 6.04 Å². The quantitative estimate of drug-likeness (QED) is 0.767. The van der Waals surface area contributed by atoms with E-state index in [4.69, 9.17) is 11.6 Å². The van der Waals surface area contributed by atoms with Gasteiger partial charge in [0.1, 0.15) is 0 Å². The Bertz CT molecular complexity index is 699. The van der Waals surface area contributed by atoms with Gasteiger partial charge < -0.3 is 16.0 Å². The van der Waals surface area contributed by atoms with E-state index in [1.807, 2.05) is 26.0 Å². The van der Waals surface area contributed by atoms with Gasteiger partial charge in [-0.05, 0) is 55.8 Å². The summed E-state index contributed by atoms with van der Waals surface area (Å²) in [4.78, 5) is 23.7. The van der Waals surface area contributed by atoms with Crippen LogP contribution in [0.2, 0.25) is 5.02 Å². The van der Waals surface area contributed by atoms with Gasteiger partial charge in [0.2, 0.25) is 0 Å². The number of rotatable bonds is 5. The van der Waals surface area contributed by atoms with Crippen LogP contribution >= 0.6 is 11.6 Å². The van der Waals surface area contributed by atoms with E-state index < -0.39 is 0 Å². The fourth-order valence-electron chi connectivity index (χ4n) is 2.17. The lowest BCUT2D eigenvalue weighted by Crippen LogP contribution is -2.31. The summed E-state index contributed by atoms with van der Waals surface area (Å²) in [7, 11) is 0. The van der Waals surface area contributed by atoms with Crippen molar-refractivity contribution in [2.24, 2.45) is 0 Å². The lowest BCUT2D eigenvalue weighted by Gasteiger charge is -2.15. The molecule has 0 aromatic heterocycles. The van der Waals surface area contributed by atoms with Crippen molar-refractivity contribution in [2.45, 2.75) is 19.9 Å². The lowest BCUT2D eigenvalue weighted by molar-refractivity contribution is 0.0956. The third kappa shape index (κ3) is 4.99. The molecule has 0 radical (unpaired) electrons. The maximum absolute atomic E-state index is 12.1. The monoisotopic (exact) mass is 345 g/mol. The molecule has 24 heavy (non-hydrogen) atoms. The summed E-state index contributed by atoms with van der Waals surface area (Å²) in [5.41, 5.74) is 2.13. The number of nitrogens with one attached hydrogen (secondary N) is 3. The van der Waals surface area contributed by atoms with Crippen molar-refractivity contribution in [3.8, 4) is 0 Å². The van der Waals surface area contributed by atoms with Gasteiger partial charge in [-0.3, -0.25) is 4.79 Å². The Balaban J connectivity index is 1.92. The molecule has 2 aromatic carbocycles. The van der Waals surface area contributed by atoms with Crippen LogP contribution in [0.15, 0.2) is 48.5 Å². The Hall–Kier alpha value is -2.53. The van der Waals surface area contributed by atoms with Crippen LogP contribution in [0.25, 0.3) is 0 Å². The molecule has 6 heteroatoms. The highest BCUT2D eigenvalue weighted by Gasteiger charge is 2.10. The van der Waals surface area contributed by atoms with Crippen LogP contribution in [-0.2, 0) is 0 Å². The van der Waals surface area contributed by atoms with E-state index in [0.717, 1.165) is 5.56 Å². The molecule has 1 atom stereocenters. The van der Waals surface area contributed by atoms with Crippen molar-refractivity contribution in [3.05, 3.63) is 64.7 Å². The molecule has 0 spiro atoms. The molecule has 0 aliphatic heterocycles. The van der Waals surface area contributed by atoms with E-state index in [-0.39, 0.29) is 18.0 Å². The predicted octanol–water partition coefficient (Wildman–Crippen LogP) is 3.97. The summed E-state index contributed by atoms with van der Waals surface area (Å²) < 4.78 is 0. The molecule has 0 saturated heterocycles. The summed E-state index contributed by atoms with van der Waals surface area (Å²) in [5.74, 6) is -0.134. The van der Waals surface area contributed by atoms with Crippen LogP contribution < -0.4 is 16.0 Å². The summed E-state index contributed by atoms with van der Waals surface area (Å²) in [5, 5.41) is 8.97. The van der Waals surface area contributed by atoms with E-state index in [1.54, 1.807) is 36.4 Å². The Morgan fingerprint density at radius 2 is 1.67 bits per heavy atom. The van der Waals surface area contributed by atoms with Crippen molar-refractivity contribution < 1.29 is 9.59 Å². The van der Waals surface area contributed by atoms with E-state index >= 15 is 0 Å². The fraction of sp³-hybridized carbons (Fsp3) is 0.222. The van der Waals surface area contributed by atoms with Gasteiger partial charge >= 0.3 is 6.03 Å². The average Bonchev–Trinajstić information content (AvgIpc) is 2.56. The number of amides is 3. The molecule has 126 valence electrons. The average molecular weight is 346 g/mol. The zero-order valence-corrected chi connectivity index (χ0v) is 14.4. The first-order valence-electron chi connectivity index (χ1n) is 7.71. The highest BCUT2D eigenvalue weighted by molar-refractivity contribution is 6.30. The van der Waals surface area contributed by atoms with Gasteiger partial charge in [-0.25, -0.2) is 4.79 Å². The zero-order chi connectivity index (χ0) is 17.5. The number of carbonyl (C=O) groups is 2. The number of hydrogen-bond donors (Lipinski definition) is 3. The van der Waals surface area contributed by atoms with Gasteiger partial charge in [-0.1, -0.05) is 23.7 Å². The van der Waals surface area contributed by atoms with Crippen LogP contribution in [0.3, 0.4) is 0 Å². The van der Waals surface area contributed by atoms with Gasteiger partial charge in [0, 0.05) is 22.8 Å². The smallest absolute Gasteiger partial charge is 0.319 e. The number of hydrogen-bond acceptors (Lipinski definition) is 2. The Morgan fingerprint density at radius 3 is 2.25 bits per heavy atom. The van der Waals surface area contributed by atoms with Crippen molar-refractivity contribution in [1.29, 1.82) is 0 Å². The molecule has 3 amide bonds.